The molecule has 0 saturated heterocycles. The van der Waals surface area contributed by atoms with E-state index in [4.69, 9.17) is 21.1 Å². The van der Waals surface area contributed by atoms with E-state index in [1.807, 2.05) is 60.7 Å². The zero-order chi connectivity index (χ0) is 22.1. The van der Waals surface area contributed by atoms with Gasteiger partial charge < -0.3 is 14.8 Å². The molecule has 0 bridgehead atoms. The largest absolute Gasteiger partial charge is 0.497 e. The second-order valence-corrected chi connectivity index (χ2v) is 7.03. The number of rotatable bonds is 8. The Morgan fingerprint density at radius 3 is 2.48 bits per heavy atom. The molecule has 5 nitrogen and oxygen atoms in total. The average molecular weight is 433 g/mol. The molecule has 0 aliphatic heterocycles. The van der Waals surface area contributed by atoms with E-state index in [-0.39, 0.29) is 12.2 Å². The molecule has 0 unspecified atom stereocenters. The van der Waals surface area contributed by atoms with E-state index in [0.717, 1.165) is 16.9 Å². The topological polar surface area (TPSA) is 71.3 Å². The summed E-state index contributed by atoms with van der Waals surface area (Å²) in [5.41, 5.74) is 2.36. The van der Waals surface area contributed by atoms with Crippen molar-refractivity contribution in [1.29, 1.82) is 5.26 Å². The van der Waals surface area contributed by atoms with Crippen LogP contribution in [0.4, 0.5) is 0 Å². The predicted molar refractivity (Wildman–Crippen MR) is 121 cm³/mol. The van der Waals surface area contributed by atoms with E-state index in [2.05, 4.69) is 5.32 Å². The molecule has 0 aliphatic carbocycles. The van der Waals surface area contributed by atoms with Crippen LogP contribution >= 0.6 is 11.6 Å². The highest BCUT2D eigenvalue weighted by Gasteiger charge is 2.11. The first kappa shape index (κ1) is 21.9. The molecule has 31 heavy (non-hydrogen) atoms. The van der Waals surface area contributed by atoms with E-state index in [1.165, 1.54) is 6.08 Å². The van der Waals surface area contributed by atoms with Gasteiger partial charge in [0.1, 0.15) is 29.7 Å². The molecule has 1 N–H and O–H groups in total. The molecular weight excluding hydrogens is 412 g/mol. The number of ether oxygens (including phenoxy) is 2. The summed E-state index contributed by atoms with van der Waals surface area (Å²) in [6.07, 6.45) is 1.52. The molecule has 3 rings (SSSR count). The van der Waals surface area contributed by atoms with Crippen molar-refractivity contribution in [3.63, 3.8) is 0 Å². The Hall–Kier alpha value is -3.75. The lowest BCUT2D eigenvalue weighted by Gasteiger charge is -2.11. The maximum Gasteiger partial charge on any atom is 0.262 e. The van der Waals surface area contributed by atoms with Crippen molar-refractivity contribution in [2.45, 2.75) is 13.2 Å². The van der Waals surface area contributed by atoms with Gasteiger partial charge in [-0.1, -0.05) is 60.1 Å². The third kappa shape index (κ3) is 6.11. The molecular formula is C25H21ClN2O3. The maximum absolute atomic E-state index is 12.5. The minimum atomic E-state index is -0.459. The van der Waals surface area contributed by atoms with Crippen molar-refractivity contribution in [3.8, 4) is 17.6 Å². The second kappa shape index (κ2) is 10.9. The van der Waals surface area contributed by atoms with Crippen LogP contribution in [0.3, 0.4) is 0 Å². The van der Waals surface area contributed by atoms with Crippen molar-refractivity contribution in [3.05, 3.63) is 100 Å². The molecule has 0 aromatic heterocycles. The van der Waals surface area contributed by atoms with Crippen LogP contribution in [0.2, 0.25) is 5.02 Å². The Morgan fingerprint density at radius 1 is 1.06 bits per heavy atom. The van der Waals surface area contributed by atoms with Gasteiger partial charge in [-0.2, -0.15) is 5.26 Å². The number of nitrogens with one attached hydrogen (secondary N) is 1. The summed E-state index contributed by atoms with van der Waals surface area (Å²) < 4.78 is 11.0. The van der Waals surface area contributed by atoms with Gasteiger partial charge in [-0.05, 0) is 35.9 Å². The summed E-state index contributed by atoms with van der Waals surface area (Å²) in [4.78, 5) is 12.5. The van der Waals surface area contributed by atoms with Crippen LogP contribution < -0.4 is 14.8 Å². The SMILES string of the molecule is COc1ccc(CNC(=O)/C(C#N)=C\c2ccccc2OCc2ccccc2Cl)cc1. The highest BCUT2D eigenvalue weighted by molar-refractivity contribution is 6.31. The van der Waals surface area contributed by atoms with E-state index < -0.39 is 5.91 Å². The normalized spacial score (nSPS) is 10.8. The number of halogens is 1. The standard InChI is InChI=1S/C25H21ClN2O3/c1-30-22-12-10-18(11-13-22)16-28-25(29)21(15-27)14-19-6-3-5-9-24(19)31-17-20-7-2-4-8-23(20)26/h2-14H,16-17H2,1H3,(H,28,29)/b21-14-. The van der Waals surface area contributed by atoms with Crippen LogP contribution in [-0.2, 0) is 17.9 Å². The summed E-state index contributed by atoms with van der Waals surface area (Å²) in [5.74, 6) is 0.832. The molecule has 1 amide bonds. The molecule has 3 aromatic carbocycles. The quantitative estimate of drug-likeness (QED) is 0.394. The van der Waals surface area contributed by atoms with Crippen molar-refractivity contribution in [2.24, 2.45) is 0 Å². The molecule has 0 aliphatic rings. The van der Waals surface area contributed by atoms with Gasteiger partial charge in [0, 0.05) is 22.7 Å². The van der Waals surface area contributed by atoms with Crippen LogP contribution in [0.15, 0.2) is 78.4 Å². The van der Waals surface area contributed by atoms with Crippen LogP contribution in [0, 0.1) is 11.3 Å². The highest BCUT2D eigenvalue weighted by Crippen LogP contribution is 2.24. The zero-order valence-electron chi connectivity index (χ0n) is 17.0. The summed E-state index contributed by atoms with van der Waals surface area (Å²) in [5, 5.41) is 12.9. The summed E-state index contributed by atoms with van der Waals surface area (Å²) in [7, 11) is 1.59. The van der Waals surface area contributed by atoms with E-state index >= 15 is 0 Å². The van der Waals surface area contributed by atoms with Gasteiger partial charge in [-0.15, -0.1) is 0 Å². The number of hydrogen-bond acceptors (Lipinski definition) is 4. The first-order valence-corrected chi connectivity index (χ1v) is 9.96. The highest BCUT2D eigenvalue weighted by atomic mass is 35.5. The predicted octanol–water partition coefficient (Wildman–Crippen LogP) is 5.15. The first-order chi connectivity index (χ1) is 15.1. The van der Waals surface area contributed by atoms with Crippen molar-refractivity contribution < 1.29 is 14.3 Å². The number of carbonyl (C=O) groups is 1. The van der Waals surface area contributed by atoms with Crippen LogP contribution in [-0.4, -0.2) is 13.0 Å². The average Bonchev–Trinajstić information content (AvgIpc) is 2.81. The Bertz CT molecular complexity index is 1120. The maximum atomic E-state index is 12.5. The third-order valence-electron chi connectivity index (χ3n) is 4.54. The molecule has 0 atom stereocenters. The molecule has 156 valence electrons. The minimum Gasteiger partial charge on any atom is -0.497 e. The number of nitriles is 1. The number of hydrogen-bond donors (Lipinski definition) is 1. The van der Waals surface area contributed by atoms with Crippen molar-refractivity contribution in [2.75, 3.05) is 7.11 Å². The zero-order valence-corrected chi connectivity index (χ0v) is 17.7. The number of methoxy groups -OCH3 is 1. The summed E-state index contributed by atoms with van der Waals surface area (Å²) >= 11 is 6.19. The minimum absolute atomic E-state index is 0.0118. The van der Waals surface area contributed by atoms with Gasteiger partial charge in [0.05, 0.1) is 7.11 Å². The third-order valence-corrected chi connectivity index (χ3v) is 4.91. The van der Waals surface area contributed by atoms with Gasteiger partial charge in [0.25, 0.3) is 5.91 Å². The number of para-hydroxylation sites is 1. The molecule has 3 aromatic rings. The van der Waals surface area contributed by atoms with E-state index in [0.29, 0.717) is 22.9 Å². The molecule has 0 fully saturated rings. The smallest absolute Gasteiger partial charge is 0.262 e. The Balaban J connectivity index is 1.70. The molecule has 6 heteroatoms. The van der Waals surface area contributed by atoms with Gasteiger partial charge in [0.2, 0.25) is 0 Å². The molecule has 0 heterocycles. The number of amides is 1. The molecule has 0 saturated carbocycles. The van der Waals surface area contributed by atoms with Crippen molar-refractivity contribution >= 4 is 23.6 Å². The summed E-state index contributed by atoms with van der Waals surface area (Å²) in [6.45, 7) is 0.572. The lowest BCUT2D eigenvalue weighted by Crippen LogP contribution is -2.23. The number of carbonyl (C=O) groups excluding carboxylic acids is 1. The van der Waals surface area contributed by atoms with E-state index in [9.17, 15) is 10.1 Å². The van der Waals surface area contributed by atoms with Crippen molar-refractivity contribution in [1.82, 2.24) is 5.32 Å². The van der Waals surface area contributed by atoms with E-state index in [1.54, 1.807) is 25.3 Å². The Morgan fingerprint density at radius 2 is 1.77 bits per heavy atom. The fourth-order valence-electron chi connectivity index (χ4n) is 2.83. The Labute approximate surface area is 186 Å². The monoisotopic (exact) mass is 432 g/mol. The lowest BCUT2D eigenvalue weighted by molar-refractivity contribution is -0.117. The summed E-state index contributed by atoms with van der Waals surface area (Å²) in [6, 6.07) is 23.9. The van der Waals surface area contributed by atoms with Gasteiger partial charge in [-0.3, -0.25) is 4.79 Å². The van der Waals surface area contributed by atoms with Crippen LogP contribution in [0.5, 0.6) is 11.5 Å². The molecule has 0 spiro atoms. The first-order valence-electron chi connectivity index (χ1n) is 9.59. The van der Waals surface area contributed by atoms with Crippen LogP contribution in [0.1, 0.15) is 16.7 Å². The van der Waals surface area contributed by atoms with Crippen LogP contribution in [0.25, 0.3) is 6.08 Å². The van der Waals surface area contributed by atoms with Gasteiger partial charge in [-0.25, -0.2) is 0 Å². The fraction of sp³-hybridized carbons (Fsp3) is 0.120. The van der Waals surface area contributed by atoms with Gasteiger partial charge in [0.15, 0.2) is 0 Å². The molecule has 0 radical (unpaired) electrons. The lowest BCUT2D eigenvalue weighted by atomic mass is 10.1. The number of benzene rings is 3. The fourth-order valence-corrected chi connectivity index (χ4v) is 3.02. The number of nitrogens with zero attached hydrogens (tertiary/aromatic N) is 1. The second-order valence-electron chi connectivity index (χ2n) is 6.62. The van der Waals surface area contributed by atoms with Gasteiger partial charge >= 0.3 is 0 Å². The Kier molecular flexibility index (Phi) is 7.69.